The van der Waals surface area contributed by atoms with Gasteiger partial charge in [0.05, 0.1) is 14.2 Å². The molecule has 1 unspecified atom stereocenters. The van der Waals surface area contributed by atoms with Crippen molar-refractivity contribution in [3.8, 4) is 23.0 Å². The van der Waals surface area contributed by atoms with E-state index in [0.29, 0.717) is 13.2 Å². The quantitative estimate of drug-likeness (QED) is 0.240. The molecule has 196 valence electrons. The Labute approximate surface area is 225 Å². The maximum Gasteiger partial charge on any atom is 0.162 e. The largest absolute Gasteiger partial charge is 0.493 e. The second kappa shape index (κ2) is 12.1. The van der Waals surface area contributed by atoms with E-state index in [9.17, 15) is 0 Å². The first-order valence-corrected chi connectivity index (χ1v) is 13.1. The molecule has 0 saturated heterocycles. The topological polar surface area (TPSA) is 40.2 Å². The lowest BCUT2D eigenvalue weighted by Crippen LogP contribution is -2.33. The smallest absolute Gasteiger partial charge is 0.162 e. The molecule has 1 aliphatic heterocycles. The fraction of sp³-hybridized carbons (Fsp3) is 0.273. The number of ether oxygens (including phenoxy) is 4. The molecule has 0 aromatic heterocycles. The van der Waals surface area contributed by atoms with Crippen LogP contribution in [0.25, 0.3) is 0 Å². The van der Waals surface area contributed by atoms with Crippen molar-refractivity contribution in [3.63, 3.8) is 0 Å². The van der Waals surface area contributed by atoms with E-state index in [1.807, 2.05) is 42.5 Å². The highest BCUT2D eigenvalue weighted by Gasteiger charge is 2.27. The molecule has 0 N–H and O–H groups in total. The maximum absolute atomic E-state index is 6.26. The number of fused-ring (bicyclic) bond motifs is 1. The van der Waals surface area contributed by atoms with Crippen molar-refractivity contribution in [1.82, 2.24) is 4.90 Å². The molecule has 1 aliphatic rings. The van der Waals surface area contributed by atoms with Crippen LogP contribution in [0.4, 0.5) is 0 Å². The second-order valence-corrected chi connectivity index (χ2v) is 9.69. The summed E-state index contributed by atoms with van der Waals surface area (Å²) in [6, 6.07) is 31.2. The maximum atomic E-state index is 6.26. The summed E-state index contributed by atoms with van der Waals surface area (Å²) in [5.41, 5.74) is 6.04. The van der Waals surface area contributed by atoms with Crippen LogP contribution in [0.3, 0.4) is 0 Å². The molecular formula is C33H35NO4. The van der Waals surface area contributed by atoms with E-state index in [1.165, 1.54) is 16.7 Å². The van der Waals surface area contributed by atoms with Gasteiger partial charge in [-0.25, -0.2) is 0 Å². The summed E-state index contributed by atoms with van der Waals surface area (Å²) >= 11 is 0. The minimum absolute atomic E-state index is 0.207. The molecular weight excluding hydrogens is 474 g/mol. The van der Waals surface area contributed by atoms with Crippen molar-refractivity contribution in [3.05, 3.63) is 119 Å². The van der Waals surface area contributed by atoms with Gasteiger partial charge >= 0.3 is 0 Å². The fourth-order valence-corrected chi connectivity index (χ4v) is 5.03. The van der Waals surface area contributed by atoms with Crippen LogP contribution in [-0.4, -0.2) is 32.7 Å². The summed E-state index contributed by atoms with van der Waals surface area (Å²) in [5.74, 6) is 3.05. The summed E-state index contributed by atoms with van der Waals surface area (Å²) in [7, 11) is 5.58. The van der Waals surface area contributed by atoms with Gasteiger partial charge in [0.2, 0.25) is 0 Å². The highest BCUT2D eigenvalue weighted by atomic mass is 16.5. The zero-order chi connectivity index (χ0) is 26.3. The van der Waals surface area contributed by atoms with Gasteiger partial charge in [-0.2, -0.15) is 0 Å². The van der Waals surface area contributed by atoms with Gasteiger partial charge in [0.1, 0.15) is 13.2 Å². The van der Waals surface area contributed by atoms with E-state index in [4.69, 9.17) is 18.9 Å². The Morgan fingerprint density at radius 3 is 1.87 bits per heavy atom. The van der Waals surface area contributed by atoms with Crippen LogP contribution in [0.2, 0.25) is 0 Å². The van der Waals surface area contributed by atoms with Crippen LogP contribution in [0.5, 0.6) is 23.0 Å². The summed E-state index contributed by atoms with van der Waals surface area (Å²) < 4.78 is 23.8. The minimum Gasteiger partial charge on any atom is -0.493 e. The average Bonchev–Trinajstić information content (AvgIpc) is 2.97. The molecule has 0 spiro atoms. The molecule has 0 radical (unpaired) electrons. The molecule has 5 heteroatoms. The summed E-state index contributed by atoms with van der Waals surface area (Å²) in [6.07, 6.45) is 1.82. The third-order valence-electron chi connectivity index (χ3n) is 7.18. The minimum atomic E-state index is 0.207. The van der Waals surface area contributed by atoms with Crippen molar-refractivity contribution in [2.75, 3.05) is 27.8 Å². The third kappa shape index (κ3) is 5.95. The Kier molecular flexibility index (Phi) is 8.15. The molecule has 4 aromatic rings. The standard InChI is InChI=1S/C33H35NO4/c1-34-17-16-27-20-31(36-3)33(38-23-25-12-8-5-9-13-25)21-28(27)29(34)18-26-14-15-30(35-2)32(19-26)37-22-24-10-6-4-7-11-24/h4-15,19-21,29H,16-18,22-23H2,1-3H3. The molecule has 0 aliphatic carbocycles. The van der Waals surface area contributed by atoms with E-state index < -0.39 is 0 Å². The molecule has 4 aromatic carbocycles. The lowest BCUT2D eigenvalue weighted by molar-refractivity contribution is 0.226. The zero-order valence-electron chi connectivity index (χ0n) is 22.4. The van der Waals surface area contributed by atoms with E-state index in [0.717, 1.165) is 53.5 Å². The van der Waals surface area contributed by atoms with Crippen LogP contribution in [0.15, 0.2) is 91.0 Å². The van der Waals surface area contributed by atoms with E-state index in [-0.39, 0.29) is 6.04 Å². The molecule has 0 bridgehead atoms. The number of hydrogen-bond donors (Lipinski definition) is 0. The van der Waals surface area contributed by atoms with Gasteiger partial charge in [0.15, 0.2) is 23.0 Å². The SMILES string of the molecule is COc1ccc(CC2c3cc(OCc4ccccc4)c(OC)cc3CCN2C)cc1OCc1ccccc1. The van der Waals surface area contributed by atoms with Crippen molar-refractivity contribution in [2.45, 2.75) is 32.1 Å². The molecule has 38 heavy (non-hydrogen) atoms. The lowest BCUT2D eigenvalue weighted by Gasteiger charge is -2.35. The number of likely N-dealkylation sites (N-methyl/N-ethyl adjacent to an activating group) is 1. The van der Waals surface area contributed by atoms with Gasteiger partial charge in [-0.15, -0.1) is 0 Å². The molecule has 0 amide bonds. The normalized spacial score (nSPS) is 15.0. The monoisotopic (exact) mass is 509 g/mol. The Morgan fingerprint density at radius 2 is 1.26 bits per heavy atom. The van der Waals surface area contributed by atoms with Crippen LogP contribution in [0.1, 0.15) is 33.9 Å². The Balaban J connectivity index is 1.39. The van der Waals surface area contributed by atoms with Gasteiger partial charge in [-0.1, -0.05) is 66.7 Å². The summed E-state index contributed by atoms with van der Waals surface area (Å²) in [5, 5.41) is 0. The van der Waals surface area contributed by atoms with E-state index >= 15 is 0 Å². The average molecular weight is 510 g/mol. The van der Waals surface area contributed by atoms with Gasteiger partial charge < -0.3 is 18.9 Å². The first kappa shape index (κ1) is 25.7. The molecule has 5 rings (SSSR count). The van der Waals surface area contributed by atoms with Crippen molar-refractivity contribution in [1.29, 1.82) is 0 Å². The molecule has 5 nitrogen and oxygen atoms in total. The van der Waals surface area contributed by atoms with Crippen molar-refractivity contribution < 1.29 is 18.9 Å². The highest BCUT2D eigenvalue weighted by Crippen LogP contribution is 2.40. The van der Waals surface area contributed by atoms with Crippen LogP contribution >= 0.6 is 0 Å². The van der Waals surface area contributed by atoms with Crippen LogP contribution < -0.4 is 18.9 Å². The van der Waals surface area contributed by atoms with Crippen LogP contribution in [0, 0.1) is 0 Å². The first-order chi connectivity index (χ1) is 18.6. The Morgan fingerprint density at radius 1 is 0.658 bits per heavy atom. The second-order valence-electron chi connectivity index (χ2n) is 9.69. The van der Waals surface area contributed by atoms with Crippen molar-refractivity contribution in [2.24, 2.45) is 0 Å². The summed E-state index contributed by atoms with van der Waals surface area (Å²) in [4.78, 5) is 2.42. The molecule has 0 fully saturated rings. The predicted molar refractivity (Wildman–Crippen MR) is 150 cm³/mol. The van der Waals surface area contributed by atoms with Gasteiger partial charge in [-0.05, 0) is 72.0 Å². The first-order valence-electron chi connectivity index (χ1n) is 13.1. The third-order valence-corrected chi connectivity index (χ3v) is 7.18. The Bertz CT molecular complexity index is 1340. The van der Waals surface area contributed by atoms with E-state index in [2.05, 4.69) is 60.5 Å². The summed E-state index contributed by atoms with van der Waals surface area (Å²) in [6.45, 7) is 1.98. The zero-order valence-corrected chi connectivity index (χ0v) is 22.4. The number of methoxy groups -OCH3 is 2. The molecule has 1 atom stereocenters. The molecule has 1 heterocycles. The van der Waals surface area contributed by atoms with E-state index in [1.54, 1.807) is 14.2 Å². The van der Waals surface area contributed by atoms with Gasteiger partial charge in [0.25, 0.3) is 0 Å². The highest BCUT2D eigenvalue weighted by molar-refractivity contribution is 5.50. The van der Waals surface area contributed by atoms with Crippen LogP contribution in [-0.2, 0) is 26.1 Å². The predicted octanol–water partition coefficient (Wildman–Crippen LogP) is 6.63. The lowest BCUT2D eigenvalue weighted by atomic mass is 9.88. The number of hydrogen-bond acceptors (Lipinski definition) is 5. The number of benzene rings is 4. The number of nitrogens with zero attached hydrogens (tertiary/aromatic N) is 1. The van der Waals surface area contributed by atoms with Gasteiger partial charge in [-0.3, -0.25) is 4.90 Å². The fourth-order valence-electron chi connectivity index (χ4n) is 5.03. The van der Waals surface area contributed by atoms with Crippen molar-refractivity contribution >= 4 is 0 Å². The van der Waals surface area contributed by atoms with Gasteiger partial charge in [0, 0.05) is 12.6 Å². The number of rotatable bonds is 10. The Hall–Kier alpha value is -3.96. The molecule has 0 saturated carbocycles.